The van der Waals surface area contributed by atoms with Gasteiger partial charge < -0.3 is 20.7 Å². The number of hydrogen-bond acceptors (Lipinski definition) is 4. The van der Waals surface area contributed by atoms with E-state index in [0.29, 0.717) is 12.3 Å². The van der Waals surface area contributed by atoms with Crippen molar-refractivity contribution in [2.45, 2.75) is 25.3 Å². The summed E-state index contributed by atoms with van der Waals surface area (Å²) in [4.78, 5) is 14.4. The molecule has 0 aromatic heterocycles. The lowest BCUT2D eigenvalue weighted by Gasteiger charge is -2.30. The van der Waals surface area contributed by atoms with Crippen LogP contribution in [0, 0.1) is 5.92 Å². The fourth-order valence-electron chi connectivity index (χ4n) is 2.77. The van der Waals surface area contributed by atoms with E-state index in [1.807, 2.05) is 24.3 Å². The van der Waals surface area contributed by atoms with Crippen LogP contribution in [-0.4, -0.2) is 38.3 Å². The number of amides is 1. The summed E-state index contributed by atoms with van der Waals surface area (Å²) in [5.41, 5.74) is 7.96. The molecular weight excluding hydrogens is 266 g/mol. The second-order valence-corrected chi connectivity index (χ2v) is 5.87. The number of carbonyl (C=O) groups excluding carboxylic acids is 1. The normalized spacial score (nSPS) is 20.1. The molecular formula is C16H23N3O2. The van der Waals surface area contributed by atoms with Crippen LogP contribution in [0.1, 0.15) is 19.3 Å². The van der Waals surface area contributed by atoms with E-state index in [1.165, 1.54) is 12.8 Å². The van der Waals surface area contributed by atoms with Gasteiger partial charge in [0.05, 0.1) is 24.6 Å². The lowest BCUT2D eigenvalue weighted by atomic mass is 10.1. The van der Waals surface area contributed by atoms with Crippen LogP contribution in [0.3, 0.4) is 0 Å². The summed E-state index contributed by atoms with van der Waals surface area (Å²) in [6.07, 6.45) is 2.74. The molecule has 1 amide bonds. The highest BCUT2D eigenvalue weighted by atomic mass is 16.5. The predicted molar refractivity (Wildman–Crippen MR) is 83.4 cm³/mol. The monoisotopic (exact) mass is 289 g/mol. The third kappa shape index (κ3) is 3.74. The maximum atomic E-state index is 12.2. The van der Waals surface area contributed by atoms with E-state index in [-0.39, 0.29) is 11.9 Å². The number of carbonyl (C=O) groups is 1. The molecule has 21 heavy (non-hydrogen) atoms. The topological polar surface area (TPSA) is 67.6 Å². The molecule has 1 saturated carbocycles. The Kier molecular flexibility index (Phi) is 4.41. The SMILES string of the molecule is NC(CC(=O)Nc1ccccc1N1CCOCC1)C1CC1. The van der Waals surface area contributed by atoms with Crippen LogP contribution in [0.5, 0.6) is 0 Å². The summed E-state index contributed by atoms with van der Waals surface area (Å²) in [6.45, 7) is 3.17. The van der Waals surface area contributed by atoms with Gasteiger partial charge in [-0.2, -0.15) is 0 Å². The highest BCUT2D eigenvalue weighted by Crippen LogP contribution is 2.33. The van der Waals surface area contributed by atoms with E-state index in [2.05, 4.69) is 10.2 Å². The third-order valence-electron chi connectivity index (χ3n) is 4.18. The van der Waals surface area contributed by atoms with Crippen LogP contribution in [0.2, 0.25) is 0 Å². The van der Waals surface area contributed by atoms with Crippen molar-refractivity contribution >= 4 is 17.3 Å². The molecule has 5 nitrogen and oxygen atoms in total. The van der Waals surface area contributed by atoms with Gasteiger partial charge in [-0.3, -0.25) is 4.79 Å². The Morgan fingerprint density at radius 2 is 2.05 bits per heavy atom. The number of benzene rings is 1. The zero-order valence-corrected chi connectivity index (χ0v) is 12.3. The number of hydrogen-bond donors (Lipinski definition) is 2. The minimum atomic E-state index is 0.000508. The van der Waals surface area contributed by atoms with Crippen LogP contribution >= 0.6 is 0 Å². The van der Waals surface area contributed by atoms with Gasteiger partial charge in [0.25, 0.3) is 0 Å². The summed E-state index contributed by atoms with van der Waals surface area (Å²) >= 11 is 0. The first-order chi connectivity index (χ1) is 10.2. The van der Waals surface area contributed by atoms with Gasteiger partial charge >= 0.3 is 0 Å². The molecule has 5 heteroatoms. The quantitative estimate of drug-likeness (QED) is 0.864. The van der Waals surface area contributed by atoms with Crippen LogP contribution < -0.4 is 16.0 Å². The second kappa shape index (κ2) is 6.45. The van der Waals surface area contributed by atoms with Crippen molar-refractivity contribution in [1.29, 1.82) is 0 Å². The van der Waals surface area contributed by atoms with E-state index >= 15 is 0 Å². The van der Waals surface area contributed by atoms with Crippen LogP contribution in [0.25, 0.3) is 0 Å². The molecule has 2 aliphatic rings. The molecule has 0 spiro atoms. The lowest BCUT2D eigenvalue weighted by molar-refractivity contribution is -0.116. The molecule has 0 radical (unpaired) electrons. The van der Waals surface area contributed by atoms with Crippen LogP contribution in [0.4, 0.5) is 11.4 Å². The van der Waals surface area contributed by atoms with Crippen molar-refractivity contribution in [3.8, 4) is 0 Å². The first kappa shape index (κ1) is 14.4. The summed E-state index contributed by atoms with van der Waals surface area (Å²) in [7, 11) is 0. The number of morpholine rings is 1. The first-order valence-corrected chi connectivity index (χ1v) is 7.71. The van der Waals surface area contributed by atoms with Crippen LogP contribution in [0.15, 0.2) is 24.3 Å². The third-order valence-corrected chi connectivity index (χ3v) is 4.18. The molecule has 1 aliphatic heterocycles. The van der Waals surface area contributed by atoms with Gasteiger partial charge in [-0.15, -0.1) is 0 Å². The zero-order chi connectivity index (χ0) is 14.7. The van der Waals surface area contributed by atoms with E-state index < -0.39 is 0 Å². The Balaban J connectivity index is 1.65. The van der Waals surface area contributed by atoms with Gasteiger partial charge in [0.2, 0.25) is 5.91 Å². The van der Waals surface area contributed by atoms with Crippen LogP contribution in [-0.2, 0) is 9.53 Å². The predicted octanol–water partition coefficient (Wildman–Crippen LogP) is 1.59. The average Bonchev–Trinajstić information content (AvgIpc) is 3.33. The molecule has 1 heterocycles. The molecule has 1 atom stereocenters. The van der Waals surface area contributed by atoms with Gasteiger partial charge in [-0.25, -0.2) is 0 Å². The van der Waals surface area contributed by atoms with Crippen molar-refractivity contribution in [2.75, 3.05) is 36.5 Å². The molecule has 114 valence electrons. The first-order valence-electron chi connectivity index (χ1n) is 7.71. The Morgan fingerprint density at radius 3 is 2.76 bits per heavy atom. The molecule has 1 aromatic rings. The number of ether oxygens (including phenoxy) is 1. The molecule has 1 unspecified atom stereocenters. The molecule has 0 bridgehead atoms. The van der Waals surface area contributed by atoms with E-state index in [4.69, 9.17) is 10.5 Å². The molecule has 2 fully saturated rings. The highest BCUT2D eigenvalue weighted by Gasteiger charge is 2.30. The smallest absolute Gasteiger partial charge is 0.225 e. The van der Waals surface area contributed by atoms with Gasteiger partial charge in [0, 0.05) is 25.6 Å². The highest BCUT2D eigenvalue weighted by molar-refractivity contribution is 5.94. The second-order valence-electron chi connectivity index (χ2n) is 5.87. The van der Waals surface area contributed by atoms with Gasteiger partial charge in [0.15, 0.2) is 0 Å². The Morgan fingerprint density at radius 1 is 1.33 bits per heavy atom. The standard InChI is InChI=1S/C16H23N3O2/c17-13(12-5-6-12)11-16(20)18-14-3-1-2-4-15(14)19-7-9-21-10-8-19/h1-4,12-13H,5-11,17H2,(H,18,20). The number of rotatable bonds is 5. The molecule has 3 N–H and O–H groups in total. The number of nitrogens with zero attached hydrogens (tertiary/aromatic N) is 1. The number of nitrogens with two attached hydrogens (primary N) is 1. The molecule has 1 aliphatic carbocycles. The minimum absolute atomic E-state index is 0.000508. The zero-order valence-electron chi connectivity index (χ0n) is 12.3. The number of para-hydroxylation sites is 2. The van der Waals surface area contributed by atoms with Gasteiger partial charge in [-0.05, 0) is 30.9 Å². The van der Waals surface area contributed by atoms with Crippen molar-refractivity contribution < 1.29 is 9.53 Å². The molecule has 1 aromatic carbocycles. The minimum Gasteiger partial charge on any atom is -0.378 e. The van der Waals surface area contributed by atoms with Gasteiger partial charge in [0.1, 0.15) is 0 Å². The van der Waals surface area contributed by atoms with Crippen molar-refractivity contribution in [3.63, 3.8) is 0 Å². The van der Waals surface area contributed by atoms with E-state index in [0.717, 1.165) is 37.7 Å². The molecule has 1 saturated heterocycles. The molecule has 3 rings (SSSR count). The van der Waals surface area contributed by atoms with E-state index in [1.54, 1.807) is 0 Å². The number of anilines is 2. The lowest BCUT2D eigenvalue weighted by Crippen LogP contribution is -2.37. The van der Waals surface area contributed by atoms with E-state index in [9.17, 15) is 4.79 Å². The van der Waals surface area contributed by atoms with Crippen molar-refractivity contribution in [1.82, 2.24) is 0 Å². The number of nitrogens with one attached hydrogen (secondary N) is 1. The summed E-state index contributed by atoms with van der Waals surface area (Å²) in [5, 5.41) is 3.02. The average molecular weight is 289 g/mol. The summed E-state index contributed by atoms with van der Waals surface area (Å²) in [5.74, 6) is 0.556. The summed E-state index contributed by atoms with van der Waals surface area (Å²) in [6, 6.07) is 7.93. The summed E-state index contributed by atoms with van der Waals surface area (Å²) < 4.78 is 5.38. The maximum absolute atomic E-state index is 12.2. The largest absolute Gasteiger partial charge is 0.378 e. The Bertz CT molecular complexity index is 496. The maximum Gasteiger partial charge on any atom is 0.225 e. The Labute approximate surface area is 125 Å². The van der Waals surface area contributed by atoms with Gasteiger partial charge in [-0.1, -0.05) is 12.1 Å². The van der Waals surface area contributed by atoms with Crippen molar-refractivity contribution in [2.24, 2.45) is 11.7 Å². The Hall–Kier alpha value is -1.59. The fourth-order valence-corrected chi connectivity index (χ4v) is 2.77. The fraction of sp³-hybridized carbons (Fsp3) is 0.562. The van der Waals surface area contributed by atoms with Crippen molar-refractivity contribution in [3.05, 3.63) is 24.3 Å².